The smallest absolute Gasteiger partial charge is 0.244 e. The third-order valence-electron chi connectivity index (χ3n) is 3.13. The van der Waals surface area contributed by atoms with Gasteiger partial charge in [0.15, 0.2) is 0 Å². The van der Waals surface area contributed by atoms with E-state index in [0.29, 0.717) is 13.2 Å². The first kappa shape index (κ1) is 15.9. The summed E-state index contributed by atoms with van der Waals surface area (Å²) in [6.07, 6.45) is 4.50. The molecule has 2 heterocycles. The maximum Gasteiger partial charge on any atom is 0.244 e. The molecule has 0 radical (unpaired) electrons. The number of nitrogens with zero attached hydrogens (tertiary/aromatic N) is 3. The third kappa shape index (κ3) is 3.92. The van der Waals surface area contributed by atoms with E-state index in [2.05, 4.69) is 10.4 Å². The molecule has 0 bridgehead atoms. The van der Waals surface area contributed by atoms with Crippen LogP contribution >= 0.6 is 12.4 Å². The van der Waals surface area contributed by atoms with Gasteiger partial charge in [0, 0.05) is 38.5 Å². The summed E-state index contributed by atoms with van der Waals surface area (Å²) in [6.45, 7) is 2.78. The van der Waals surface area contributed by atoms with Crippen LogP contribution in [0.15, 0.2) is 12.4 Å². The molecule has 0 aromatic carbocycles. The van der Waals surface area contributed by atoms with Crippen molar-refractivity contribution in [2.45, 2.75) is 12.5 Å². The number of halogens is 1. The molecule has 1 amide bonds. The Morgan fingerprint density at radius 2 is 2.26 bits per heavy atom. The van der Waals surface area contributed by atoms with E-state index in [0.717, 1.165) is 25.1 Å². The second-order valence-corrected chi connectivity index (χ2v) is 4.46. The molecule has 0 aliphatic carbocycles. The molecule has 1 aliphatic rings. The molecule has 19 heavy (non-hydrogen) atoms. The second kappa shape index (κ2) is 7.47. The number of carbonyl (C=O) groups is 1. The minimum atomic E-state index is -0.322. The van der Waals surface area contributed by atoms with Crippen molar-refractivity contribution < 1.29 is 9.53 Å². The maximum atomic E-state index is 12.5. The van der Waals surface area contributed by atoms with Crippen LogP contribution in [-0.2, 0) is 16.6 Å². The third-order valence-corrected chi connectivity index (χ3v) is 3.13. The van der Waals surface area contributed by atoms with Crippen LogP contribution < -0.4 is 5.32 Å². The molecule has 1 unspecified atom stereocenters. The van der Waals surface area contributed by atoms with Gasteiger partial charge in [0.1, 0.15) is 6.04 Å². The number of amides is 1. The van der Waals surface area contributed by atoms with Crippen LogP contribution in [0.3, 0.4) is 0 Å². The number of hydrogen-bond acceptors (Lipinski definition) is 4. The number of hydrogen-bond donors (Lipinski definition) is 1. The summed E-state index contributed by atoms with van der Waals surface area (Å²) >= 11 is 0. The van der Waals surface area contributed by atoms with Gasteiger partial charge in [0.05, 0.1) is 12.8 Å². The molecule has 1 atom stereocenters. The van der Waals surface area contributed by atoms with E-state index in [9.17, 15) is 4.79 Å². The Balaban J connectivity index is 0.00000180. The van der Waals surface area contributed by atoms with Crippen LogP contribution in [0.25, 0.3) is 0 Å². The Labute approximate surface area is 119 Å². The van der Waals surface area contributed by atoms with Gasteiger partial charge in [0.2, 0.25) is 5.91 Å². The maximum absolute atomic E-state index is 12.5. The lowest BCUT2D eigenvalue weighted by molar-refractivity contribution is -0.133. The topological polar surface area (TPSA) is 59.4 Å². The van der Waals surface area contributed by atoms with E-state index in [1.807, 2.05) is 18.1 Å². The van der Waals surface area contributed by atoms with E-state index in [-0.39, 0.29) is 24.4 Å². The number of ether oxygens (including phenoxy) is 1. The molecule has 1 aromatic rings. The standard InChI is InChI=1S/C12H20N4O2.ClH/c1-13-11(10-8-14-15(2)9-10)12(17)16-4-3-6-18-7-5-16;/h8-9,11,13H,3-7H2,1-2H3;1H. The lowest BCUT2D eigenvalue weighted by Crippen LogP contribution is -2.41. The average molecular weight is 289 g/mol. The molecular formula is C12H21ClN4O2. The first-order chi connectivity index (χ1) is 8.72. The van der Waals surface area contributed by atoms with Gasteiger partial charge in [-0.05, 0) is 13.5 Å². The van der Waals surface area contributed by atoms with E-state index in [4.69, 9.17) is 4.74 Å². The van der Waals surface area contributed by atoms with Gasteiger partial charge in [0.25, 0.3) is 0 Å². The largest absolute Gasteiger partial charge is 0.380 e. The average Bonchev–Trinajstić information content (AvgIpc) is 2.65. The van der Waals surface area contributed by atoms with Crippen LogP contribution in [0.5, 0.6) is 0 Å². The van der Waals surface area contributed by atoms with Crippen molar-refractivity contribution in [2.75, 3.05) is 33.4 Å². The van der Waals surface area contributed by atoms with Gasteiger partial charge in [-0.25, -0.2) is 0 Å². The van der Waals surface area contributed by atoms with Crippen molar-refractivity contribution in [1.82, 2.24) is 20.0 Å². The lowest BCUT2D eigenvalue weighted by Gasteiger charge is -2.24. The van der Waals surface area contributed by atoms with Gasteiger partial charge in [-0.2, -0.15) is 5.10 Å². The van der Waals surface area contributed by atoms with Crippen LogP contribution in [0.2, 0.25) is 0 Å². The van der Waals surface area contributed by atoms with Crippen molar-refractivity contribution in [3.05, 3.63) is 18.0 Å². The predicted molar refractivity (Wildman–Crippen MR) is 74.3 cm³/mol. The van der Waals surface area contributed by atoms with Crippen LogP contribution in [0.4, 0.5) is 0 Å². The zero-order valence-electron chi connectivity index (χ0n) is 11.3. The Hall–Kier alpha value is -1.11. The van der Waals surface area contributed by atoms with Crippen molar-refractivity contribution >= 4 is 18.3 Å². The van der Waals surface area contributed by atoms with Crippen LogP contribution in [-0.4, -0.2) is 53.9 Å². The normalized spacial score (nSPS) is 17.5. The molecule has 108 valence electrons. The van der Waals surface area contributed by atoms with Gasteiger partial charge >= 0.3 is 0 Å². The minimum absolute atomic E-state index is 0. The van der Waals surface area contributed by atoms with E-state index in [1.165, 1.54) is 0 Å². The SMILES string of the molecule is CNC(C(=O)N1CCCOCC1)c1cnn(C)c1.Cl. The zero-order chi connectivity index (χ0) is 13.0. The van der Waals surface area contributed by atoms with Crippen molar-refractivity contribution in [1.29, 1.82) is 0 Å². The summed E-state index contributed by atoms with van der Waals surface area (Å²) in [4.78, 5) is 14.3. The number of nitrogens with one attached hydrogen (secondary N) is 1. The molecule has 2 rings (SSSR count). The van der Waals surface area contributed by atoms with Gasteiger partial charge in [-0.3, -0.25) is 9.48 Å². The second-order valence-electron chi connectivity index (χ2n) is 4.46. The Kier molecular flexibility index (Phi) is 6.27. The van der Waals surface area contributed by atoms with Gasteiger partial charge in [-0.15, -0.1) is 12.4 Å². The fraction of sp³-hybridized carbons (Fsp3) is 0.667. The quantitative estimate of drug-likeness (QED) is 0.872. The highest BCUT2D eigenvalue weighted by atomic mass is 35.5. The Morgan fingerprint density at radius 3 is 2.89 bits per heavy atom. The number of carbonyl (C=O) groups excluding carboxylic acids is 1. The molecule has 1 aromatic heterocycles. The number of rotatable bonds is 3. The van der Waals surface area contributed by atoms with Crippen LogP contribution in [0, 0.1) is 0 Å². The van der Waals surface area contributed by atoms with Crippen molar-refractivity contribution in [2.24, 2.45) is 7.05 Å². The Morgan fingerprint density at radius 1 is 1.47 bits per heavy atom. The molecule has 1 saturated heterocycles. The molecule has 1 aliphatic heterocycles. The van der Waals surface area contributed by atoms with Gasteiger partial charge < -0.3 is 15.0 Å². The highest BCUT2D eigenvalue weighted by Gasteiger charge is 2.26. The van der Waals surface area contributed by atoms with Crippen LogP contribution in [0.1, 0.15) is 18.0 Å². The first-order valence-electron chi connectivity index (χ1n) is 6.24. The molecule has 7 heteroatoms. The predicted octanol–water partition coefficient (Wildman–Crippen LogP) is 0.351. The van der Waals surface area contributed by atoms with E-state index < -0.39 is 0 Å². The number of likely N-dealkylation sites (N-methyl/N-ethyl adjacent to an activating group) is 1. The summed E-state index contributed by atoms with van der Waals surface area (Å²) < 4.78 is 7.07. The summed E-state index contributed by atoms with van der Waals surface area (Å²) in [7, 11) is 3.64. The van der Waals surface area contributed by atoms with Crippen molar-refractivity contribution in [3.8, 4) is 0 Å². The molecule has 0 saturated carbocycles. The highest BCUT2D eigenvalue weighted by Crippen LogP contribution is 2.15. The summed E-state index contributed by atoms with van der Waals surface area (Å²) in [5.41, 5.74) is 0.898. The fourth-order valence-electron chi connectivity index (χ4n) is 2.17. The fourth-order valence-corrected chi connectivity index (χ4v) is 2.17. The van der Waals surface area contributed by atoms with Gasteiger partial charge in [-0.1, -0.05) is 0 Å². The first-order valence-corrected chi connectivity index (χ1v) is 6.24. The number of aryl methyl sites for hydroxylation is 1. The summed E-state index contributed by atoms with van der Waals surface area (Å²) in [5.74, 6) is 0.0935. The summed E-state index contributed by atoms with van der Waals surface area (Å²) in [5, 5.41) is 7.18. The molecule has 0 spiro atoms. The summed E-state index contributed by atoms with van der Waals surface area (Å²) in [6, 6.07) is -0.322. The number of aromatic nitrogens is 2. The molecule has 1 N–H and O–H groups in total. The molecule has 1 fully saturated rings. The van der Waals surface area contributed by atoms with E-state index in [1.54, 1.807) is 17.9 Å². The Bertz CT molecular complexity index is 402. The minimum Gasteiger partial charge on any atom is -0.380 e. The van der Waals surface area contributed by atoms with E-state index >= 15 is 0 Å². The molecular weight excluding hydrogens is 268 g/mol. The highest BCUT2D eigenvalue weighted by molar-refractivity contribution is 5.85. The zero-order valence-corrected chi connectivity index (χ0v) is 12.2. The van der Waals surface area contributed by atoms with Crippen molar-refractivity contribution in [3.63, 3.8) is 0 Å². The monoisotopic (exact) mass is 288 g/mol. The molecule has 6 nitrogen and oxygen atoms in total. The lowest BCUT2D eigenvalue weighted by atomic mass is 10.1.